The molecule has 0 amide bonds. The summed E-state index contributed by atoms with van der Waals surface area (Å²) in [6.07, 6.45) is 1.92. The molecule has 0 aliphatic heterocycles. The van der Waals surface area contributed by atoms with Crippen LogP contribution < -0.4 is 0 Å². The number of nitro benzene ring substituents is 1. The van der Waals surface area contributed by atoms with Gasteiger partial charge in [0.2, 0.25) is 0 Å². The van der Waals surface area contributed by atoms with Gasteiger partial charge < -0.3 is 5.21 Å². The van der Waals surface area contributed by atoms with Crippen molar-refractivity contribution in [3.05, 3.63) is 52.6 Å². The molecule has 1 aromatic rings. The Hall–Kier alpha value is -2.17. The van der Waals surface area contributed by atoms with Crippen LogP contribution in [0.2, 0.25) is 0 Å². The summed E-state index contributed by atoms with van der Waals surface area (Å²) in [6, 6.07) is 5.93. The number of nitro groups is 1. The molecule has 5 heteroatoms. The standard InChI is InChI=1S/C10H10N2O3/c1-2-4-10(11-13)8-5-3-6-9(7-8)12(14)15/h2-3,5-7,13H,1,4H2/b11-10+. The Morgan fingerprint density at radius 2 is 2.40 bits per heavy atom. The van der Waals surface area contributed by atoms with E-state index in [2.05, 4.69) is 11.7 Å². The second-order valence-corrected chi connectivity index (χ2v) is 2.85. The summed E-state index contributed by atoms with van der Waals surface area (Å²) < 4.78 is 0. The van der Waals surface area contributed by atoms with Crippen molar-refractivity contribution >= 4 is 11.4 Å². The smallest absolute Gasteiger partial charge is 0.270 e. The van der Waals surface area contributed by atoms with Crippen molar-refractivity contribution in [1.29, 1.82) is 0 Å². The lowest BCUT2D eigenvalue weighted by molar-refractivity contribution is -0.384. The van der Waals surface area contributed by atoms with E-state index in [-0.39, 0.29) is 5.69 Å². The lowest BCUT2D eigenvalue weighted by Crippen LogP contribution is -2.00. The van der Waals surface area contributed by atoms with Gasteiger partial charge in [0, 0.05) is 24.1 Å². The molecule has 1 N–H and O–H groups in total. The van der Waals surface area contributed by atoms with Gasteiger partial charge in [-0.05, 0) is 0 Å². The number of hydrogen-bond donors (Lipinski definition) is 1. The van der Waals surface area contributed by atoms with Crippen LogP contribution in [0.5, 0.6) is 0 Å². The van der Waals surface area contributed by atoms with Crippen LogP contribution in [-0.4, -0.2) is 15.8 Å². The summed E-state index contributed by atoms with van der Waals surface area (Å²) in [5.74, 6) is 0. The molecule has 78 valence electrons. The average Bonchev–Trinajstić information content (AvgIpc) is 2.26. The third-order valence-electron chi connectivity index (χ3n) is 1.85. The first-order valence-corrected chi connectivity index (χ1v) is 4.25. The van der Waals surface area contributed by atoms with Crippen LogP contribution in [0.25, 0.3) is 0 Å². The molecule has 1 aromatic carbocycles. The summed E-state index contributed by atoms with van der Waals surface area (Å²) in [4.78, 5) is 10.0. The molecule has 5 nitrogen and oxygen atoms in total. The highest BCUT2D eigenvalue weighted by molar-refractivity contribution is 6.01. The number of hydrogen-bond acceptors (Lipinski definition) is 4. The van der Waals surface area contributed by atoms with E-state index in [1.165, 1.54) is 12.1 Å². The Morgan fingerprint density at radius 3 is 2.93 bits per heavy atom. The topological polar surface area (TPSA) is 75.7 Å². The number of nitrogens with zero attached hydrogens (tertiary/aromatic N) is 2. The maximum atomic E-state index is 10.5. The van der Waals surface area contributed by atoms with Crippen molar-refractivity contribution in [3.8, 4) is 0 Å². The monoisotopic (exact) mass is 206 g/mol. The molecule has 0 bridgehead atoms. The summed E-state index contributed by atoms with van der Waals surface area (Å²) >= 11 is 0. The van der Waals surface area contributed by atoms with Crippen LogP contribution in [0.4, 0.5) is 5.69 Å². The maximum absolute atomic E-state index is 10.5. The van der Waals surface area contributed by atoms with Crippen molar-refractivity contribution in [2.24, 2.45) is 5.16 Å². The molecule has 0 unspecified atom stereocenters. The molecule has 0 aliphatic carbocycles. The largest absolute Gasteiger partial charge is 0.411 e. The zero-order valence-corrected chi connectivity index (χ0v) is 7.96. The average molecular weight is 206 g/mol. The van der Waals surface area contributed by atoms with Gasteiger partial charge in [0.1, 0.15) is 0 Å². The van der Waals surface area contributed by atoms with Crippen molar-refractivity contribution in [2.45, 2.75) is 6.42 Å². The minimum atomic E-state index is -0.494. The molecule has 0 atom stereocenters. The van der Waals surface area contributed by atoms with Crippen LogP contribution in [0.1, 0.15) is 12.0 Å². The second-order valence-electron chi connectivity index (χ2n) is 2.85. The van der Waals surface area contributed by atoms with E-state index in [1.54, 1.807) is 18.2 Å². The minimum Gasteiger partial charge on any atom is -0.411 e. The second kappa shape index (κ2) is 4.90. The Morgan fingerprint density at radius 1 is 1.67 bits per heavy atom. The Balaban J connectivity index is 3.08. The van der Waals surface area contributed by atoms with E-state index in [4.69, 9.17) is 5.21 Å². The molecule has 0 aromatic heterocycles. The molecule has 0 fully saturated rings. The van der Waals surface area contributed by atoms with E-state index >= 15 is 0 Å². The van der Waals surface area contributed by atoms with Crippen molar-refractivity contribution in [2.75, 3.05) is 0 Å². The zero-order valence-electron chi connectivity index (χ0n) is 7.96. The Labute approximate surface area is 86.5 Å². The number of non-ortho nitro benzene ring substituents is 1. The highest BCUT2D eigenvalue weighted by Gasteiger charge is 2.09. The van der Waals surface area contributed by atoms with E-state index in [0.29, 0.717) is 17.7 Å². The fraction of sp³-hybridized carbons (Fsp3) is 0.100. The van der Waals surface area contributed by atoms with E-state index in [0.717, 1.165) is 0 Å². The Kier molecular flexibility index (Phi) is 3.56. The molecule has 0 aliphatic rings. The fourth-order valence-corrected chi connectivity index (χ4v) is 1.15. The number of benzene rings is 1. The third kappa shape index (κ3) is 2.63. The van der Waals surface area contributed by atoms with Gasteiger partial charge in [-0.25, -0.2) is 0 Å². The van der Waals surface area contributed by atoms with Gasteiger partial charge in [-0.3, -0.25) is 10.1 Å². The fourth-order valence-electron chi connectivity index (χ4n) is 1.15. The lowest BCUT2D eigenvalue weighted by atomic mass is 10.1. The van der Waals surface area contributed by atoms with E-state index < -0.39 is 4.92 Å². The van der Waals surface area contributed by atoms with Crippen LogP contribution in [0, 0.1) is 10.1 Å². The van der Waals surface area contributed by atoms with Crippen LogP contribution in [-0.2, 0) is 0 Å². The quantitative estimate of drug-likeness (QED) is 0.270. The number of rotatable bonds is 4. The molecule has 0 spiro atoms. The van der Waals surface area contributed by atoms with Crippen LogP contribution >= 0.6 is 0 Å². The third-order valence-corrected chi connectivity index (χ3v) is 1.85. The Bertz CT molecular complexity index is 413. The van der Waals surface area contributed by atoms with Gasteiger partial charge in [0.15, 0.2) is 0 Å². The predicted octanol–water partition coefficient (Wildman–Crippen LogP) is 2.35. The molecule has 15 heavy (non-hydrogen) atoms. The SMILES string of the molecule is C=CC/C(=N\O)c1cccc([N+](=O)[O-])c1. The normalized spacial score (nSPS) is 11.1. The van der Waals surface area contributed by atoms with E-state index in [1.807, 2.05) is 0 Å². The number of oxime groups is 1. The van der Waals surface area contributed by atoms with Crippen molar-refractivity contribution < 1.29 is 10.1 Å². The van der Waals surface area contributed by atoms with Gasteiger partial charge in [-0.15, -0.1) is 6.58 Å². The summed E-state index contributed by atoms with van der Waals surface area (Å²) in [5, 5.41) is 22.3. The van der Waals surface area contributed by atoms with Crippen molar-refractivity contribution in [3.63, 3.8) is 0 Å². The van der Waals surface area contributed by atoms with Crippen molar-refractivity contribution in [1.82, 2.24) is 0 Å². The molecule has 0 radical (unpaired) electrons. The molecular formula is C10H10N2O3. The molecule has 1 rings (SSSR count). The minimum absolute atomic E-state index is 0.0299. The van der Waals surface area contributed by atoms with Gasteiger partial charge in [0.25, 0.3) is 5.69 Å². The summed E-state index contributed by atoms with van der Waals surface area (Å²) in [7, 11) is 0. The first kappa shape index (κ1) is 10.9. The van der Waals surface area contributed by atoms with E-state index in [9.17, 15) is 10.1 Å². The molecule has 0 saturated carbocycles. The first-order chi connectivity index (χ1) is 7.19. The number of allylic oxidation sites excluding steroid dienone is 1. The predicted molar refractivity (Wildman–Crippen MR) is 56.2 cm³/mol. The molecular weight excluding hydrogens is 196 g/mol. The molecule has 0 heterocycles. The first-order valence-electron chi connectivity index (χ1n) is 4.25. The highest BCUT2D eigenvalue weighted by Crippen LogP contribution is 2.15. The van der Waals surface area contributed by atoms with Gasteiger partial charge in [-0.1, -0.05) is 23.4 Å². The van der Waals surface area contributed by atoms with Gasteiger partial charge >= 0.3 is 0 Å². The maximum Gasteiger partial charge on any atom is 0.270 e. The zero-order chi connectivity index (χ0) is 11.3. The summed E-state index contributed by atoms with van der Waals surface area (Å²) in [5.41, 5.74) is 0.845. The van der Waals surface area contributed by atoms with Crippen LogP contribution in [0.15, 0.2) is 42.1 Å². The molecule has 0 saturated heterocycles. The van der Waals surface area contributed by atoms with Crippen LogP contribution in [0.3, 0.4) is 0 Å². The van der Waals surface area contributed by atoms with Gasteiger partial charge in [-0.2, -0.15) is 0 Å². The highest BCUT2D eigenvalue weighted by atomic mass is 16.6. The summed E-state index contributed by atoms with van der Waals surface area (Å²) in [6.45, 7) is 3.51. The lowest BCUT2D eigenvalue weighted by Gasteiger charge is -2.00. The van der Waals surface area contributed by atoms with Gasteiger partial charge in [0.05, 0.1) is 10.6 Å².